The van der Waals surface area contributed by atoms with Crippen molar-refractivity contribution in [3.63, 3.8) is 0 Å². The Morgan fingerprint density at radius 1 is 0.429 bits per heavy atom. The summed E-state index contributed by atoms with van der Waals surface area (Å²) in [6.45, 7) is 0. The average molecular weight is 280 g/mol. The highest BCUT2D eigenvalue weighted by atomic mass is 16.3. The minimum Gasteiger partial charge on any atom is -0.508 e. The molecule has 0 bridgehead atoms. The predicted molar refractivity (Wildman–Crippen MR) is 83.3 cm³/mol. The summed E-state index contributed by atoms with van der Waals surface area (Å²) in [6, 6.07) is 23.1. The molecule has 106 valence electrons. The first-order valence-corrected chi connectivity index (χ1v) is 6.47. The molecular formula is C18H16O3. The molecule has 0 spiro atoms. The van der Waals surface area contributed by atoms with Gasteiger partial charge in [-0.2, -0.15) is 0 Å². The molecule has 0 amide bonds. The molecular weight excluding hydrogens is 264 g/mol. The molecule has 0 heterocycles. The molecule has 3 N–H and O–H groups in total. The van der Waals surface area contributed by atoms with E-state index in [1.54, 1.807) is 18.2 Å². The largest absolute Gasteiger partial charge is 0.508 e. The minimum absolute atomic E-state index is 0.0880. The van der Waals surface area contributed by atoms with E-state index in [-0.39, 0.29) is 11.5 Å². The molecule has 3 rings (SSSR count). The van der Waals surface area contributed by atoms with Crippen molar-refractivity contribution >= 4 is 0 Å². The van der Waals surface area contributed by atoms with Crippen LogP contribution in [0.4, 0.5) is 0 Å². The van der Waals surface area contributed by atoms with Crippen molar-refractivity contribution < 1.29 is 15.3 Å². The van der Waals surface area contributed by atoms with E-state index in [0.717, 1.165) is 5.56 Å². The zero-order valence-electron chi connectivity index (χ0n) is 11.3. The van der Waals surface area contributed by atoms with Gasteiger partial charge in [0.15, 0.2) is 0 Å². The second kappa shape index (κ2) is 7.01. The molecule has 0 aliphatic carbocycles. The zero-order chi connectivity index (χ0) is 15.1. The van der Waals surface area contributed by atoms with E-state index in [9.17, 15) is 0 Å². The zero-order valence-corrected chi connectivity index (χ0v) is 11.3. The lowest BCUT2D eigenvalue weighted by Gasteiger charge is -2.00. The maximum absolute atomic E-state index is 9.10. The summed E-state index contributed by atoms with van der Waals surface area (Å²) in [5.41, 5.74) is 2.29. The highest BCUT2D eigenvalue weighted by Crippen LogP contribution is 2.20. The summed E-state index contributed by atoms with van der Waals surface area (Å²) in [5.74, 6) is 0.481. The lowest BCUT2D eigenvalue weighted by Crippen LogP contribution is -1.74. The Labute approximate surface area is 123 Å². The van der Waals surface area contributed by atoms with Crippen molar-refractivity contribution in [3.8, 4) is 28.4 Å². The van der Waals surface area contributed by atoms with E-state index in [4.69, 9.17) is 15.3 Å². The summed E-state index contributed by atoms with van der Waals surface area (Å²) < 4.78 is 0. The van der Waals surface area contributed by atoms with Gasteiger partial charge in [0.05, 0.1) is 0 Å². The summed E-state index contributed by atoms with van der Waals surface area (Å²) in [5, 5.41) is 26.4. The van der Waals surface area contributed by atoms with Crippen molar-refractivity contribution in [1.82, 2.24) is 0 Å². The Morgan fingerprint density at radius 3 is 1.43 bits per heavy atom. The first kappa shape index (κ1) is 14.5. The average Bonchev–Trinajstić information content (AvgIpc) is 2.49. The number of benzene rings is 3. The molecule has 3 aromatic carbocycles. The number of hydrogen-bond donors (Lipinski definition) is 3. The third kappa shape index (κ3) is 4.58. The Balaban J connectivity index is 0.000000173. The second-order valence-corrected chi connectivity index (χ2v) is 4.43. The van der Waals surface area contributed by atoms with Gasteiger partial charge in [-0.15, -0.1) is 0 Å². The Bertz CT molecular complexity index is 659. The van der Waals surface area contributed by atoms with E-state index in [1.165, 1.54) is 23.8 Å². The van der Waals surface area contributed by atoms with Crippen LogP contribution in [0.15, 0.2) is 78.9 Å². The maximum atomic E-state index is 9.10. The molecule has 3 heteroatoms. The van der Waals surface area contributed by atoms with Gasteiger partial charge in [0.25, 0.3) is 0 Å². The second-order valence-electron chi connectivity index (χ2n) is 4.43. The molecule has 0 saturated heterocycles. The van der Waals surface area contributed by atoms with Gasteiger partial charge in [-0.25, -0.2) is 0 Å². The van der Waals surface area contributed by atoms with Crippen molar-refractivity contribution in [2.24, 2.45) is 0 Å². The van der Waals surface area contributed by atoms with Crippen LogP contribution in [0.5, 0.6) is 17.2 Å². The molecule has 0 aromatic heterocycles. The van der Waals surface area contributed by atoms with Crippen LogP contribution in [0.3, 0.4) is 0 Å². The number of phenolic OH excluding ortho intramolecular Hbond substituents is 3. The van der Waals surface area contributed by atoms with Gasteiger partial charge in [-0.3, -0.25) is 0 Å². The number of phenols is 3. The Hall–Kier alpha value is -2.94. The van der Waals surface area contributed by atoms with Gasteiger partial charge in [-0.1, -0.05) is 48.5 Å². The van der Waals surface area contributed by atoms with Crippen LogP contribution >= 0.6 is 0 Å². The van der Waals surface area contributed by atoms with E-state index in [0.29, 0.717) is 5.75 Å². The third-order valence-corrected chi connectivity index (χ3v) is 2.80. The van der Waals surface area contributed by atoms with Crippen molar-refractivity contribution in [3.05, 3.63) is 78.9 Å². The van der Waals surface area contributed by atoms with E-state index in [1.807, 2.05) is 42.5 Å². The monoisotopic (exact) mass is 280 g/mol. The van der Waals surface area contributed by atoms with Crippen LogP contribution < -0.4 is 0 Å². The first-order valence-electron chi connectivity index (χ1n) is 6.47. The number of rotatable bonds is 1. The predicted octanol–water partition coefficient (Wildman–Crippen LogP) is 4.16. The molecule has 0 unspecified atom stereocenters. The normalized spacial score (nSPS) is 9.52. The van der Waals surface area contributed by atoms with Crippen LogP contribution in [-0.4, -0.2) is 15.3 Å². The van der Waals surface area contributed by atoms with Gasteiger partial charge < -0.3 is 15.3 Å². The van der Waals surface area contributed by atoms with Crippen LogP contribution in [0.2, 0.25) is 0 Å². The highest BCUT2D eigenvalue weighted by Gasteiger charge is 1.94. The van der Waals surface area contributed by atoms with Crippen LogP contribution in [0.1, 0.15) is 0 Å². The topological polar surface area (TPSA) is 60.7 Å². The quantitative estimate of drug-likeness (QED) is 0.627. The summed E-state index contributed by atoms with van der Waals surface area (Å²) in [6.07, 6.45) is 0. The number of aromatic hydroxyl groups is 3. The fourth-order valence-electron chi connectivity index (χ4n) is 1.78. The van der Waals surface area contributed by atoms with Crippen LogP contribution in [0.25, 0.3) is 11.1 Å². The highest BCUT2D eigenvalue weighted by molar-refractivity contribution is 5.63. The first-order chi connectivity index (χ1) is 10.1. The molecule has 3 nitrogen and oxygen atoms in total. The van der Waals surface area contributed by atoms with Gasteiger partial charge in [0.1, 0.15) is 17.2 Å². The SMILES string of the molecule is Oc1ccc(-c2ccccc2)cc1.Oc1cccc(O)c1. The number of hydrogen-bond acceptors (Lipinski definition) is 3. The van der Waals surface area contributed by atoms with Crippen molar-refractivity contribution in [1.29, 1.82) is 0 Å². The van der Waals surface area contributed by atoms with Gasteiger partial charge in [0.2, 0.25) is 0 Å². The molecule has 21 heavy (non-hydrogen) atoms. The van der Waals surface area contributed by atoms with Gasteiger partial charge in [-0.05, 0) is 35.4 Å². The van der Waals surface area contributed by atoms with Gasteiger partial charge >= 0.3 is 0 Å². The van der Waals surface area contributed by atoms with Gasteiger partial charge in [0, 0.05) is 6.07 Å². The van der Waals surface area contributed by atoms with Crippen LogP contribution in [-0.2, 0) is 0 Å². The maximum Gasteiger partial charge on any atom is 0.119 e. The molecule has 0 fully saturated rings. The minimum atomic E-state index is 0.0880. The fourth-order valence-corrected chi connectivity index (χ4v) is 1.78. The van der Waals surface area contributed by atoms with E-state index < -0.39 is 0 Å². The van der Waals surface area contributed by atoms with Crippen LogP contribution in [0, 0.1) is 0 Å². The lowest BCUT2D eigenvalue weighted by molar-refractivity contribution is 0.450. The summed E-state index contributed by atoms with van der Waals surface area (Å²) in [4.78, 5) is 0. The molecule has 0 saturated carbocycles. The smallest absolute Gasteiger partial charge is 0.119 e. The van der Waals surface area contributed by atoms with E-state index >= 15 is 0 Å². The van der Waals surface area contributed by atoms with Crippen molar-refractivity contribution in [2.75, 3.05) is 0 Å². The molecule has 3 aromatic rings. The Morgan fingerprint density at radius 2 is 0.952 bits per heavy atom. The summed E-state index contributed by atoms with van der Waals surface area (Å²) >= 11 is 0. The molecule has 0 aliphatic heterocycles. The van der Waals surface area contributed by atoms with Crippen molar-refractivity contribution in [2.45, 2.75) is 0 Å². The third-order valence-electron chi connectivity index (χ3n) is 2.80. The molecule has 0 radical (unpaired) electrons. The molecule has 0 aliphatic rings. The Kier molecular flexibility index (Phi) is 4.83. The molecule has 0 atom stereocenters. The fraction of sp³-hybridized carbons (Fsp3) is 0. The lowest BCUT2D eigenvalue weighted by atomic mass is 10.1. The van der Waals surface area contributed by atoms with E-state index in [2.05, 4.69) is 0 Å². The summed E-state index contributed by atoms with van der Waals surface area (Å²) in [7, 11) is 0. The standard InChI is InChI=1S/C12H10O.C6H6O2/c13-12-8-6-11(7-9-12)10-4-2-1-3-5-10;7-5-2-1-3-6(8)4-5/h1-9,13H;1-4,7-8H.